The molecule has 1 aliphatic rings. The number of ether oxygens (including phenoxy) is 1. The molecule has 0 atom stereocenters. The lowest BCUT2D eigenvalue weighted by molar-refractivity contribution is 0.0950. The van der Waals surface area contributed by atoms with E-state index in [1.165, 1.54) is 18.2 Å². The summed E-state index contributed by atoms with van der Waals surface area (Å²) in [7, 11) is 0. The van der Waals surface area contributed by atoms with Crippen LogP contribution in [0, 0.1) is 0 Å². The van der Waals surface area contributed by atoms with E-state index in [0.29, 0.717) is 23.4 Å². The Balaban J connectivity index is 1.15. The Morgan fingerprint density at radius 1 is 0.886 bits per heavy atom. The third kappa shape index (κ3) is 5.42. The molecular formula is C26H25N5O4. The Bertz CT molecular complexity index is 1270. The summed E-state index contributed by atoms with van der Waals surface area (Å²) in [4.78, 5) is 27.0. The molecule has 0 radical (unpaired) electrons. The van der Waals surface area contributed by atoms with Crippen molar-refractivity contribution in [1.29, 1.82) is 0 Å². The third-order valence-corrected chi connectivity index (χ3v) is 5.78. The molecule has 9 nitrogen and oxygen atoms in total. The van der Waals surface area contributed by atoms with Gasteiger partial charge in [-0.15, -0.1) is 0 Å². The lowest BCUT2D eigenvalue weighted by Gasteiger charge is -2.28. The lowest BCUT2D eigenvalue weighted by atomic mass is 10.1. The number of carbonyl (C=O) groups excluding carboxylic acids is 2. The maximum Gasteiger partial charge on any atom is 0.259 e. The first-order valence-electron chi connectivity index (χ1n) is 11.3. The zero-order valence-corrected chi connectivity index (χ0v) is 19.0. The minimum absolute atomic E-state index is 0.151. The normalized spacial score (nSPS) is 13.4. The van der Waals surface area contributed by atoms with Crippen LogP contribution >= 0.6 is 0 Å². The average molecular weight is 472 g/mol. The number of amides is 2. The molecule has 2 aromatic carbocycles. The number of aromatic nitrogens is 2. The van der Waals surface area contributed by atoms with E-state index in [4.69, 9.17) is 9.15 Å². The lowest BCUT2D eigenvalue weighted by Crippen LogP contribution is -2.36. The molecule has 0 spiro atoms. The van der Waals surface area contributed by atoms with Gasteiger partial charge in [0, 0.05) is 30.9 Å². The van der Waals surface area contributed by atoms with E-state index in [0.717, 1.165) is 37.6 Å². The van der Waals surface area contributed by atoms with Crippen LogP contribution in [0.3, 0.4) is 0 Å². The SMILES string of the molecule is O=C(NCc1ccc(N2CCOCC2)cc1)c1ccc(-n2cc(NC(=O)c3ccoc3)cn2)cc1. The summed E-state index contributed by atoms with van der Waals surface area (Å²) in [6.45, 7) is 3.74. The topological polar surface area (TPSA) is 102 Å². The maximum absolute atomic E-state index is 12.6. The van der Waals surface area contributed by atoms with Crippen molar-refractivity contribution in [3.63, 3.8) is 0 Å². The minimum Gasteiger partial charge on any atom is -0.472 e. The fourth-order valence-corrected chi connectivity index (χ4v) is 3.82. The molecule has 0 bridgehead atoms. The summed E-state index contributed by atoms with van der Waals surface area (Å²) in [5.41, 5.74) is 4.51. The summed E-state index contributed by atoms with van der Waals surface area (Å²) >= 11 is 0. The van der Waals surface area contributed by atoms with Crippen LogP contribution in [0.15, 0.2) is 83.9 Å². The Hall–Kier alpha value is -4.37. The summed E-state index contributed by atoms with van der Waals surface area (Å²) in [6, 6.07) is 16.9. The van der Waals surface area contributed by atoms with Gasteiger partial charge >= 0.3 is 0 Å². The molecule has 2 N–H and O–H groups in total. The van der Waals surface area contributed by atoms with E-state index in [2.05, 4.69) is 32.8 Å². The zero-order valence-electron chi connectivity index (χ0n) is 19.0. The number of hydrogen-bond donors (Lipinski definition) is 2. The van der Waals surface area contributed by atoms with Crippen LogP contribution in [0.4, 0.5) is 11.4 Å². The van der Waals surface area contributed by atoms with E-state index in [1.54, 1.807) is 47.4 Å². The molecular weight excluding hydrogens is 446 g/mol. The molecule has 2 aromatic heterocycles. The first kappa shape index (κ1) is 22.4. The standard InChI is InChI=1S/C26H25N5O4/c32-25(27-15-19-1-5-23(6-2-19)30-10-13-34-14-11-30)20-3-7-24(8-4-20)31-17-22(16-28-31)29-26(33)21-9-12-35-18-21/h1-9,12,16-18H,10-11,13-15H2,(H,27,32)(H,29,33). The fraction of sp³-hybridized carbons (Fsp3) is 0.192. The van der Waals surface area contributed by atoms with Gasteiger partial charge in [0.25, 0.3) is 11.8 Å². The van der Waals surface area contributed by atoms with Gasteiger partial charge in [-0.1, -0.05) is 12.1 Å². The van der Waals surface area contributed by atoms with Gasteiger partial charge in [-0.3, -0.25) is 9.59 Å². The van der Waals surface area contributed by atoms with Crippen molar-refractivity contribution in [2.24, 2.45) is 0 Å². The van der Waals surface area contributed by atoms with Crippen LogP contribution in [0.5, 0.6) is 0 Å². The number of nitrogens with one attached hydrogen (secondary N) is 2. The third-order valence-electron chi connectivity index (χ3n) is 5.78. The second-order valence-corrected chi connectivity index (χ2v) is 8.14. The highest BCUT2D eigenvalue weighted by molar-refractivity contribution is 6.03. The molecule has 3 heterocycles. The Labute approximate surface area is 202 Å². The smallest absolute Gasteiger partial charge is 0.259 e. The summed E-state index contributed by atoms with van der Waals surface area (Å²) in [6.07, 6.45) is 6.08. The summed E-state index contributed by atoms with van der Waals surface area (Å²) in [5.74, 6) is -0.427. The molecule has 0 aliphatic carbocycles. The number of benzene rings is 2. The van der Waals surface area contributed by atoms with Crippen LogP contribution in [0.1, 0.15) is 26.3 Å². The molecule has 35 heavy (non-hydrogen) atoms. The van der Waals surface area contributed by atoms with Crippen LogP contribution in [-0.4, -0.2) is 47.9 Å². The molecule has 1 aliphatic heterocycles. The molecule has 0 saturated carbocycles. The van der Waals surface area contributed by atoms with Crippen LogP contribution < -0.4 is 15.5 Å². The molecule has 1 fully saturated rings. The van der Waals surface area contributed by atoms with E-state index in [9.17, 15) is 9.59 Å². The van der Waals surface area contributed by atoms with Gasteiger partial charge in [-0.2, -0.15) is 5.10 Å². The van der Waals surface area contributed by atoms with Gasteiger partial charge in [0.15, 0.2) is 0 Å². The van der Waals surface area contributed by atoms with Crippen LogP contribution in [0.2, 0.25) is 0 Å². The molecule has 4 aromatic rings. The van der Waals surface area contributed by atoms with Crippen LogP contribution in [0.25, 0.3) is 5.69 Å². The number of rotatable bonds is 7. The quantitative estimate of drug-likeness (QED) is 0.428. The summed E-state index contributed by atoms with van der Waals surface area (Å²) < 4.78 is 12.0. The second kappa shape index (κ2) is 10.3. The number of carbonyl (C=O) groups is 2. The van der Waals surface area contributed by atoms with Gasteiger partial charge in [-0.25, -0.2) is 4.68 Å². The highest BCUT2D eigenvalue weighted by Gasteiger charge is 2.12. The number of nitrogens with zero attached hydrogens (tertiary/aromatic N) is 3. The Morgan fingerprint density at radius 2 is 1.63 bits per heavy atom. The van der Waals surface area contributed by atoms with Crippen molar-refractivity contribution >= 4 is 23.2 Å². The monoisotopic (exact) mass is 471 g/mol. The largest absolute Gasteiger partial charge is 0.472 e. The van der Waals surface area contributed by atoms with E-state index < -0.39 is 0 Å². The van der Waals surface area contributed by atoms with Crippen molar-refractivity contribution < 1.29 is 18.7 Å². The number of furan rings is 1. The zero-order chi connectivity index (χ0) is 24.0. The average Bonchev–Trinajstić information content (AvgIpc) is 3.61. The maximum atomic E-state index is 12.6. The first-order chi connectivity index (χ1) is 17.2. The van der Waals surface area contributed by atoms with Crippen molar-refractivity contribution in [3.8, 4) is 5.69 Å². The molecule has 1 saturated heterocycles. The first-order valence-corrected chi connectivity index (χ1v) is 11.3. The number of anilines is 2. The van der Waals surface area contributed by atoms with Crippen molar-refractivity contribution in [2.75, 3.05) is 36.5 Å². The van der Waals surface area contributed by atoms with Crippen molar-refractivity contribution in [3.05, 3.63) is 96.2 Å². The van der Waals surface area contributed by atoms with Gasteiger partial charge < -0.3 is 24.7 Å². The van der Waals surface area contributed by atoms with Crippen molar-refractivity contribution in [2.45, 2.75) is 6.54 Å². The molecule has 178 valence electrons. The summed E-state index contributed by atoms with van der Waals surface area (Å²) in [5, 5.41) is 10.0. The van der Waals surface area contributed by atoms with Gasteiger partial charge in [0.2, 0.25) is 0 Å². The van der Waals surface area contributed by atoms with Gasteiger partial charge in [-0.05, 0) is 48.0 Å². The second-order valence-electron chi connectivity index (χ2n) is 8.14. The van der Waals surface area contributed by atoms with Gasteiger partial charge in [0.1, 0.15) is 6.26 Å². The van der Waals surface area contributed by atoms with Crippen LogP contribution in [-0.2, 0) is 11.3 Å². The molecule has 9 heteroatoms. The Morgan fingerprint density at radius 3 is 2.34 bits per heavy atom. The molecule has 5 rings (SSSR count). The number of hydrogen-bond acceptors (Lipinski definition) is 6. The molecule has 2 amide bonds. The molecule has 0 unspecified atom stereocenters. The van der Waals surface area contributed by atoms with E-state index >= 15 is 0 Å². The highest BCUT2D eigenvalue weighted by Crippen LogP contribution is 2.17. The predicted molar refractivity (Wildman–Crippen MR) is 131 cm³/mol. The Kier molecular flexibility index (Phi) is 6.58. The minimum atomic E-state index is -0.277. The van der Waals surface area contributed by atoms with E-state index in [1.807, 2.05) is 12.1 Å². The highest BCUT2D eigenvalue weighted by atomic mass is 16.5. The van der Waals surface area contributed by atoms with Gasteiger partial charge in [0.05, 0.1) is 48.8 Å². The fourth-order valence-electron chi connectivity index (χ4n) is 3.82. The van der Waals surface area contributed by atoms with Crippen molar-refractivity contribution in [1.82, 2.24) is 15.1 Å². The number of morpholine rings is 1. The van der Waals surface area contributed by atoms with E-state index in [-0.39, 0.29) is 11.8 Å². The predicted octanol–water partition coefficient (Wildman–Crippen LogP) is 3.48.